The van der Waals surface area contributed by atoms with Crippen molar-refractivity contribution in [1.29, 1.82) is 0 Å². The molecule has 0 aromatic rings. The maximum absolute atomic E-state index is 10.3. The Kier molecular flexibility index (Phi) is 1.17. The monoisotopic (exact) mass is 154 g/mol. The number of rotatable bonds is 0. The Bertz CT molecular complexity index is 132. The summed E-state index contributed by atoms with van der Waals surface area (Å²) in [5.41, 5.74) is 0. The first-order valence-electron chi connectivity index (χ1n) is 2.14. The molecule has 0 aromatic heterocycles. The van der Waals surface area contributed by atoms with Gasteiger partial charge in [0, 0.05) is 0 Å². The summed E-state index contributed by atoms with van der Waals surface area (Å²) in [5.74, 6) is -0.548. The van der Waals surface area contributed by atoms with Crippen molar-refractivity contribution in [2.75, 3.05) is 0 Å². The van der Waals surface area contributed by atoms with Crippen LogP contribution in [0.15, 0.2) is 0 Å². The van der Waals surface area contributed by atoms with Gasteiger partial charge in [-0.1, -0.05) is 23.2 Å². The minimum absolute atomic E-state index is 0.363. The number of carbonyl (C=O) groups excluding carboxylic acids is 1. The Labute approximate surface area is 56.7 Å². The Morgan fingerprint density at radius 2 is 2.25 bits per heavy atom. The molecule has 1 atom stereocenters. The lowest BCUT2D eigenvalue weighted by Crippen LogP contribution is -2.52. The summed E-state index contributed by atoms with van der Waals surface area (Å²) in [6.07, 6.45) is -0.363. The summed E-state index contributed by atoms with van der Waals surface area (Å²) in [4.78, 5) is 10.3. The van der Waals surface area contributed by atoms with Gasteiger partial charge in [0.05, 0.1) is 0 Å². The molecule has 0 aromatic carbocycles. The van der Waals surface area contributed by atoms with Crippen molar-refractivity contribution < 1.29 is 9.53 Å². The van der Waals surface area contributed by atoms with Gasteiger partial charge in [0.15, 0.2) is 0 Å². The molecule has 0 bridgehead atoms. The zero-order valence-electron chi connectivity index (χ0n) is 4.15. The highest BCUT2D eigenvalue weighted by Crippen LogP contribution is 2.37. The zero-order chi connectivity index (χ0) is 6.36. The molecule has 0 amide bonds. The molecule has 1 saturated heterocycles. The molecule has 0 saturated carbocycles. The molecule has 1 aliphatic heterocycles. The summed E-state index contributed by atoms with van der Waals surface area (Å²) in [6, 6.07) is 0. The normalized spacial score (nSPS) is 33.4. The number of hydrogen-bond acceptors (Lipinski definition) is 2. The smallest absolute Gasteiger partial charge is 0.346 e. The predicted octanol–water partition coefficient (Wildman–Crippen LogP) is 1.11. The van der Waals surface area contributed by atoms with Crippen LogP contribution in [0.2, 0.25) is 0 Å². The maximum Gasteiger partial charge on any atom is 0.346 e. The van der Waals surface area contributed by atoms with Crippen LogP contribution < -0.4 is 0 Å². The van der Waals surface area contributed by atoms with Crippen molar-refractivity contribution in [3.63, 3.8) is 0 Å². The number of ether oxygens (including phenoxy) is 1. The van der Waals surface area contributed by atoms with Crippen LogP contribution in [0.25, 0.3) is 0 Å². The quantitative estimate of drug-likeness (QED) is 0.386. The molecule has 0 N–H and O–H groups in total. The molecule has 1 rings (SSSR count). The van der Waals surface area contributed by atoms with Crippen molar-refractivity contribution in [2.24, 2.45) is 0 Å². The highest BCUT2D eigenvalue weighted by molar-refractivity contribution is 6.59. The molecule has 1 fully saturated rings. The van der Waals surface area contributed by atoms with Crippen LogP contribution in [-0.4, -0.2) is 16.4 Å². The highest BCUT2D eigenvalue weighted by atomic mass is 35.5. The molecule has 46 valence electrons. The fourth-order valence-corrected chi connectivity index (χ4v) is 0.599. The molecular formula is C4H4Cl2O2. The Balaban J connectivity index is 2.66. The van der Waals surface area contributed by atoms with Gasteiger partial charge < -0.3 is 4.74 Å². The topological polar surface area (TPSA) is 26.3 Å². The van der Waals surface area contributed by atoms with E-state index in [9.17, 15) is 4.79 Å². The van der Waals surface area contributed by atoms with E-state index >= 15 is 0 Å². The molecule has 4 heteroatoms. The Morgan fingerprint density at radius 1 is 1.75 bits per heavy atom. The highest BCUT2D eigenvalue weighted by Gasteiger charge is 2.53. The van der Waals surface area contributed by atoms with E-state index in [2.05, 4.69) is 4.74 Å². The van der Waals surface area contributed by atoms with Crippen LogP contribution in [0, 0.1) is 0 Å². The molecule has 0 radical (unpaired) electrons. The van der Waals surface area contributed by atoms with Crippen molar-refractivity contribution >= 4 is 29.2 Å². The summed E-state index contributed by atoms with van der Waals surface area (Å²) in [6.45, 7) is 1.64. The SMILES string of the molecule is CC1OC(=O)C1(Cl)Cl. The molecular weight excluding hydrogens is 151 g/mol. The number of carbonyl (C=O) groups is 1. The molecule has 1 aliphatic rings. The minimum Gasteiger partial charge on any atom is -0.456 e. The van der Waals surface area contributed by atoms with E-state index in [1.54, 1.807) is 6.92 Å². The van der Waals surface area contributed by atoms with Gasteiger partial charge in [-0.15, -0.1) is 0 Å². The van der Waals surface area contributed by atoms with Gasteiger partial charge in [-0.05, 0) is 6.92 Å². The number of hydrogen-bond donors (Lipinski definition) is 0. The Hall–Kier alpha value is 0.0500. The summed E-state index contributed by atoms with van der Waals surface area (Å²) >= 11 is 10.8. The van der Waals surface area contributed by atoms with Crippen molar-refractivity contribution in [3.05, 3.63) is 0 Å². The van der Waals surface area contributed by atoms with Crippen LogP contribution >= 0.6 is 23.2 Å². The second-order valence-corrected chi connectivity index (χ2v) is 3.06. The van der Waals surface area contributed by atoms with E-state index in [4.69, 9.17) is 23.2 Å². The first-order chi connectivity index (χ1) is 3.55. The molecule has 0 aliphatic carbocycles. The van der Waals surface area contributed by atoms with Gasteiger partial charge in [-0.25, -0.2) is 4.79 Å². The maximum atomic E-state index is 10.3. The van der Waals surface area contributed by atoms with Crippen LogP contribution in [0.5, 0.6) is 0 Å². The fraction of sp³-hybridized carbons (Fsp3) is 0.750. The third-order valence-electron chi connectivity index (χ3n) is 1.07. The number of halogens is 2. The van der Waals surface area contributed by atoms with Crippen molar-refractivity contribution in [1.82, 2.24) is 0 Å². The lowest BCUT2D eigenvalue weighted by atomic mass is 10.2. The van der Waals surface area contributed by atoms with E-state index in [0.29, 0.717) is 0 Å². The van der Waals surface area contributed by atoms with Crippen LogP contribution in [0.3, 0.4) is 0 Å². The van der Waals surface area contributed by atoms with Crippen molar-refractivity contribution in [2.45, 2.75) is 17.4 Å². The van der Waals surface area contributed by atoms with Crippen LogP contribution in [0.1, 0.15) is 6.92 Å². The van der Waals surface area contributed by atoms with E-state index in [0.717, 1.165) is 0 Å². The largest absolute Gasteiger partial charge is 0.456 e. The van der Waals surface area contributed by atoms with E-state index < -0.39 is 10.3 Å². The van der Waals surface area contributed by atoms with Gasteiger partial charge in [0.2, 0.25) is 0 Å². The third-order valence-corrected chi connectivity index (χ3v) is 1.99. The number of cyclic esters (lactones) is 1. The second kappa shape index (κ2) is 1.52. The summed E-state index contributed by atoms with van der Waals surface area (Å²) in [7, 11) is 0. The van der Waals surface area contributed by atoms with E-state index in [-0.39, 0.29) is 6.10 Å². The van der Waals surface area contributed by atoms with E-state index in [1.165, 1.54) is 0 Å². The number of esters is 1. The molecule has 2 nitrogen and oxygen atoms in total. The molecule has 0 spiro atoms. The first-order valence-corrected chi connectivity index (χ1v) is 2.89. The predicted molar refractivity (Wildman–Crippen MR) is 30.0 cm³/mol. The van der Waals surface area contributed by atoms with Crippen LogP contribution in [-0.2, 0) is 9.53 Å². The molecule has 1 unspecified atom stereocenters. The first kappa shape index (κ1) is 6.17. The molecule has 8 heavy (non-hydrogen) atoms. The zero-order valence-corrected chi connectivity index (χ0v) is 5.66. The fourth-order valence-electron chi connectivity index (χ4n) is 0.421. The van der Waals surface area contributed by atoms with Gasteiger partial charge in [0.1, 0.15) is 6.10 Å². The average molecular weight is 155 g/mol. The Morgan fingerprint density at radius 3 is 2.25 bits per heavy atom. The lowest BCUT2D eigenvalue weighted by Gasteiger charge is -2.34. The number of alkyl halides is 2. The van der Waals surface area contributed by atoms with Crippen LogP contribution in [0.4, 0.5) is 0 Å². The van der Waals surface area contributed by atoms with Gasteiger partial charge in [-0.3, -0.25) is 0 Å². The standard InChI is InChI=1S/C4H4Cl2O2/c1-2-4(5,6)3(7)8-2/h2H,1H3. The minimum atomic E-state index is -1.28. The van der Waals surface area contributed by atoms with E-state index in [1.807, 2.05) is 0 Å². The molecule has 1 heterocycles. The summed E-state index contributed by atoms with van der Waals surface area (Å²) in [5, 5.41) is 0. The van der Waals surface area contributed by atoms with Gasteiger partial charge in [-0.2, -0.15) is 0 Å². The van der Waals surface area contributed by atoms with Crippen molar-refractivity contribution in [3.8, 4) is 0 Å². The van der Waals surface area contributed by atoms with Gasteiger partial charge >= 0.3 is 5.97 Å². The second-order valence-electron chi connectivity index (χ2n) is 1.67. The third kappa shape index (κ3) is 0.599. The average Bonchev–Trinajstić information content (AvgIpc) is 1.68. The van der Waals surface area contributed by atoms with Gasteiger partial charge in [0.25, 0.3) is 4.33 Å². The summed E-state index contributed by atoms with van der Waals surface area (Å²) < 4.78 is 3.17. The lowest BCUT2D eigenvalue weighted by molar-refractivity contribution is -0.169.